The fourth-order valence-corrected chi connectivity index (χ4v) is 3.05. The highest BCUT2D eigenvalue weighted by Crippen LogP contribution is 2.34. The highest BCUT2D eigenvalue weighted by atomic mass is 16.5. The van der Waals surface area contributed by atoms with Crippen molar-refractivity contribution in [3.05, 3.63) is 72.8 Å². The minimum absolute atomic E-state index is 0.245. The average molecular weight is 308 g/mol. The Bertz CT molecular complexity index is 638. The zero-order chi connectivity index (χ0) is 16.2. The second kappa shape index (κ2) is 6.88. The quantitative estimate of drug-likeness (QED) is 0.615. The predicted molar refractivity (Wildman–Crippen MR) is 96.0 cm³/mol. The lowest BCUT2D eigenvalue weighted by molar-refractivity contribution is 0.399. The first kappa shape index (κ1) is 15.6. The molecule has 2 aromatic rings. The van der Waals surface area contributed by atoms with Crippen LogP contribution in [0.25, 0.3) is 0 Å². The molecule has 0 bridgehead atoms. The summed E-state index contributed by atoms with van der Waals surface area (Å²) < 4.78 is 5.20. The van der Waals surface area contributed by atoms with Crippen LogP contribution in [0, 0.1) is 0 Å². The van der Waals surface area contributed by atoms with Crippen LogP contribution >= 0.6 is 0 Å². The Morgan fingerprint density at radius 1 is 1.17 bits per heavy atom. The number of rotatable bonds is 7. The third-order valence-electron chi connectivity index (χ3n) is 4.56. The van der Waals surface area contributed by atoms with Crippen molar-refractivity contribution >= 4 is 5.69 Å². The lowest BCUT2D eigenvalue weighted by atomic mass is 10.1. The molecule has 1 aliphatic rings. The summed E-state index contributed by atoms with van der Waals surface area (Å²) >= 11 is 0. The maximum Gasteiger partial charge on any atom is 0.119 e. The summed E-state index contributed by atoms with van der Waals surface area (Å²) in [5.41, 5.74) is 2.46. The number of nitrogens with zero attached hydrogens (tertiary/aromatic N) is 1. The first-order valence-corrected chi connectivity index (χ1v) is 8.06. The zero-order valence-electron chi connectivity index (χ0n) is 13.8. The zero-order valence-corrected chi connectivity index (χ0v) is 13.8. The van der Waals surface area contributed by atoms with E-state index >= 15 is 0 Å². The second-order valence-electron chi connectivity index (χ2n) is 5.99. The van der Waals surface area contributed by atoms with Crippen molar-refractivity contribution in [1.82, 2.24) is 4.90 Å². The van der Waals surface area contributed by atoms with Gasteiger partial charge >= 0.3 is 0 Å². The standard InChI is InChI=1S/C20H24N2O/c1-4-19(21-17-10-12-18(23-3)13-11-17)20-14-22(20)15(2)16-8-6-5-7-9-16/h4-13,15,19-21H,1,14H2,2-3H3/t15-,19-,20-,22?/m1/s1. The summed E-state index contributed by atoms with van der Waals surface area (Å²) in [6, 6.07) is 19.9. The van der Waals surface area contributed by atoms with Crippen molar-refractivity contribution < 1.29 is 4.74 Å². The number of anilines is 1. The summed E-state index contributed by atoms with van der Waals surface area (Å²) in [7, 11) is 1.68. The Kier molecular flexibility index (Phi) is 4.68. The van der Waals surface area contributed by atoms with E-state index in [1.54, 1.807) is 7.11 Å². The van der Waals surface area contributed by atoms with Gasteiger partial charge in [0.25, 0.3) is 0 Å². The first-order valence-electron chi connectivity index (χ1n) is 8.06. The average Bonchev–Trinajstić information content (AvgIpc) is 3.41. The van der Waals surface area contributed by atoms with Crippen molar-refractivity contribution in [3.8, 4) is 5.75 Å². The lowest BCUT2D eigenvalue weighted by Gasteiger charge is -2.20. The van der Waals surface area contributed by atoms with Gasteiger partial charge in [-0.25, -0.2) is 0 Å². The molecule has 2 aromatic carbocycles. The molecule has 1 saturated heterocycles. The van der Waals surface area contributed by atoms with E-state index in [9.17, 15) is 0 Å². The highest BCUT2D eigenvalue weighted by molar-refractivity contribution is 5.48. The predicted octanol–water partition coefficient (Wildman–Crippen LogP) is 4.11. The normalized spacial score (nSPS) is 22.0. The Balaban J connectivity index is 1.62. The number of hydrogen-bond acceptors (Lipinski definition) is 3. The topological polar surface area (TPSA) is 24.3 Å². The van der Waals surface area contributed by atoms with Gasteiger partial charge in [-0.05, 0) is 36.8 Å². The van der Waals surface area contributed by atoms with E-state index in [4.69, 9.17) is 4.74 Å². The molecule has 1 heterocycles. The minimum atomic E-state index is 0.245. The molecular formula is C20H24N2O. The fourth-order valence-electron chi connectivity index (χ4n) is 3.05. The molecular weight excluding hydrogens is 284 g/mol. The largest absolute Gasteiger partial charge is 0.497 e. The van der Waals surface area contributed by atoms with Crippen molar-refractivity contribution in [3.63, 3.8) is 0 Å². The molecule has 0 spiro atoms. The molecule has 4 atom stereocenters. The minimum Gasteiger partial charge on any atom is -0.497 e. The Hall–Kier alpha value is -2.26. The van der Waals surface area contributed by atoms with E-state index < -0.39 is 0 Å². The number of methoxy groups -OCH3 is 1. The van der Waals surface area contributed by atoms with Gasteiger partial charge in [0.1, 0.15) is 5.75 Å². The summed E-state index contributed by atoms with van der Waals surface area (Å²) in [6.07, 6.45) is 2.01. The van der Waals surface area contributed by atoms with Crippen molar-refractivity contribution in [2.45, 2.75) is 25.0 Å². The van der Waals surface area contributed by atoms with Gasteiger partial charge in [0.2, 0.25) is 0 Å². The molecule has 1 N–H and O–H groups in total. The number of nitrogens with one attached hydrogen (secondary N) is 1. The van der Waals surface area contributed by atoms with Crippen LogP contribution in [0.2, 0.25) is 0 Å². The smallest absolute Gasteiger partial charge is 0.119 e. The molecule has 0 aromatic heterocycles. The van der Waals surface area contributed by atoms with Gasteiger partial charge in [-0.3, -0.25) is 4.90 Å². The van der Waals surface area contributed by atoms with Crippen LogP contribution in [0.1, 0.15) is 18.5 Å². The summed E-state index contributed by atoms with van der Waals surface area (Å²) in [6.45, 7) is 7.36. The fraction of sp³-hybridized carbons (Fsp3) is 0.300. The molecule has 3 nitrogen and oxygen atoms in total. The SMILES string of the molecule is C=C[C@@H](Nc1ccc(OC)cc1)[C@H]1CN1[C@H](C)c1ccccc1. The summed E-state index contributed by atoms with van der Waals surface area (Å²) in [4.78, 5) is 2.50. The van der Waals surface area contributed by atoms with Crippen molar-refractivity contribution in [2.24, 2.45) is 0 Å². The first-order chi connectivity index (χ1) is 11.2. The van der Waals surface area contributed by atoms with Gasteiger partial charge in [-0.1, -0.05) is 36.4 Å². The van der Waals surface area contributed by atoms with Crippen LogP contribution in [0.3, 0.4) is 0 Å². The molecule has 0 saturated carbocycles. The van der Waals surface area contributed by atoms with E-state index in [-0.39, 0.29) is 6.04 Å². The van der Waals surface area contributed by atoms with E-state index in [0.29, 0.717) is 12.1 Å². The molecule has 3 rings (SSSR count). The van der Waals surface area contributed by atoms with Crippen LogP contribution in [0.4, 0.5) is 5.69 Å². The highest BCUT2D eigenvalue weighted by Gasteiger charge is 2.42. The van der Waals surface area contributed by atoms with Gasteiger partial charge in [0.15, 0.2) is 0 Å². The molecule has 1 fully saturated rings. The molecule has 1 unspecified atom stereocenters. The van der Waals surface area contributed by atoms with E-state index in [1.807, 2.05) is 30.3 Å². The maximum absolute atomic E-state index is 5.20. The third-order valence-corrected chi connectivity index (χ3v) is 4.56. The van der Waals surface area contributed by atoms with Gasteiger partial charge in [0.05, 0.1) is 13.2 Å². The second-order valence-corrected chi connectivity index (χ2v) is 5.99. The van der Waals surface area contributed by atoms with Crippen molar-refractivity contribution in [1.29, 1.82) is 0 Å². The number of benzene rings is 2. The van der Waals surface area contributed by atoms with E-state index in [1.165, 1.54) is 5.56 Å². The summed E-state index contributed by atoms with van der Waals surface area (Å²) in [5.74, 6) is 0.872. The van der Waals surface area contributed by atoms with E-state index in [0.717, 1.165) is 18.0 Å². The van der Waals surface area contributed by atoms with Crippen LogP contribution < -0.4 is 10.1 Å². The molecule has 23 heavy (non-hydrogen) atoms. The molecule has 1 aliphatic heterocycles. The van der Waals surface area contributed by atoms with E-state index in [2.05, 4.69) is 54.1 Å². The molecule has 0 aliphatic carbocycles. The number of ether oxygens (including phenoxy) is 1. The van der Waals surface area contributed by atoms with Gasteiger partial charge in [-0.15, -0.1) is 6.58 Å². The maximum atomic E-state index is 5.20. The Morgan fingerprint density at radius 2 is 1.87 bits per heavy atom. The van der Waals surface area contributed by atoms with Crippen LogP contribution in [-0.4, -0.2) is 30.6 Å². The molecule has 3 heteroatoms. The summed E-state index contributed by atoms with van der Waals surface area (Å²) in [5, 5.41) is 3.56. The molecule has 0 radical (unpaired) electrons. The Labute approximate surface area is 138 Å². The lowest BCUT2D eigenvalue weighted by Crippen LogP contribution is -2.26. The van der Waals surface area contributed by atoms with Crippen LogP contribution in [-0.2, 0) is 0 Å². The third kappa shape index (κ3) is 3.57. The Morgan fingerprint density at radius 3 is 2.48 bits per heavy atom. The molecule has 120 valence electrons. The monoisotopic (exact) mass is 308 g/mol. The van der Waals surface area contributed by atoms with Gasteiger partial charge in [-0.2, -0.15) is 0 Å². The van der Waals surface area contributed by atoms with Gasteiger partial charge in [0, 0.05) is 24.3 Å². The molecule has 0 amide bonds. The van der Waals surface area contributed by atoms with Crippen molar-refractivity contribution in [2.75, 3.05) is 19.0 Å². The van der Waals surface area contributed by atoms with Gasteiger partial charge < -0.3 is 10.1 Å². The van der Waals surface area contributed by atoms with Crippen LogP contribution in [0.5, 0.6) is 5.75 Å². The van der Waals surface area contributed by atoms with Crippen LogP contribution in [0.15, 0.2) is 67.3 Å². The number of hydrogen-bond donors (Lipinski definition) is 1.